The van der Waals surface area contributed by atoms with Gasteiger partial charge in [-0.15, -0.1) is 0 Å². The summed E-state index contributed by atoms with van der Waals surface area (Å²) in [5, 5.41) is 13.7. The van der Waals surface area contributed by atoms with Crippen LogP contribution in [0.1, 0.15) is 66.6 Å². The van der Waals surface area contributed by atoms with Crippen molar-refractivity contribution in [2.75, 3.05) is 31.5 Å². The Morgan fingerprint density at radius 3 is 2.46 bits per heavy atom. The monoisotopic (exact) mass is 543 g/mol. The van der Waals surface area contributed by atoms with Gasteiger partial charge in [0.1, 0.15) is 5.82 Å². The minimum atomic E-state index is 0.0897. The van der Waals surface area contributed by atoms with Crippen LogP contribution in [0.4, 0.5) is 5.82 Å². The SMILES string of the molecule is CC[C@@H](Nc1cc(C(=O)N2CCC[C@H]2CN2CCCC2)c2cc(-c3ccc(C#N)cc3)ccc2n1)c1ccccc1. The highest BCUT2D eigenvalue weighted by Gasteiger charge is 2.32. The van der Waals surface area contributed by atoms with Gasteiger partial charge in [-0.3, -0.25) is 4.79 Å². The molecule has 4 aromatic rings. The average Bonchev–Trinajstić information content (AvgIpc) is 3.72. The molecule has 0 radical (unpaired) electrons. The highest BCUT2D eigenvalue weighted by molar-refractivity contribution is 6.08. The molecular weight excluding hydrogens is 506 g/mol. The maximum atomic E-state index is 14.4. The van der Waals surface area contributed by atoms with Crippen LogP contribution in [0, 0.1) is 11.3 Å². The Morgan fingerprint density at radius 2 is 1.73 bits per heavy atom. The topological polar surface area (TPSA) is 72.3 Å². The summed E-state index contributed by atoms with van der Waals surface area (Å²) in [5.41, 5.74) is 5.34. The number of amides is 1. The largest absolute Gasteiger partial charge is 0.363 e. The fourth-order valence-corrected chi connectivity index (χ4v) is 6.39. The Kier molecular flexibility index (Phi) is 7.98. The number of nitrogens with zero attached hydrogens (tertiary/aromatic N) is 4. The lowest BCUT2D eigenvalue weighted by molar-refractivity contribution is 0.0710. The molecule has 2 fully saturated rings. The number of pyridine rings is 1. The van der Waals surface area contributed by atoms with Crippen molar-refractivity contribution in [1.29, 1.82) is 5.26 Å². The smallest absolute Gasteiger partial charge is 0.254 e. The molecule has 2 atom stereocenters. The number of benzene rings is 3. The molecule has 1 amide bonds. The predicted molar refractivity (Wildman–Crippen MR) is 165 cm³/mol. The second-order valence-electron chi connectivity index (χ2n) is 11.3. The van der Waals surface area contributed by atoms with Crippen molar-refractivity contribution in [3.8, 4) is 17.2 Å². The molecule has 0 spiro atoms. The maximum Gasteiger partial charge on any atom is 0.254 e. The summed E-state index contributed by atoms with van der Waals surface area (Å²) >= 11 is 0. The Hall–Kier alpha value is -4.21. The van der Waals surface area contributed by atoms with Gasteiger partial charge in [0.15, 0.2) is 0 Å². The Morgan fingerprint density at radius 1 is 0.976 bits per heavy atom. The minimum absolute atomic E-state index is 0.0897. The molecule has 2 aliphatic rings. The molecule has 0 aliphatic carbocycles. The van der Waals surface area contributed by atoms with E-state index in [1.165, 1.54) is 18.4 Å². The highest BCUT2D eigenvalue weighted by atomic mass is 16.2. The van der Waals surface area contributed by atoms with Crippen LogP contribution in [0.3, 0.4) is 0 Å². The highest BCUT2D eigenvalue weighted by Crippen LogP contribution is 2.32. The molecular formula is C35H37N5O. The average molecular weight is 544 g/mol. The summed E-state index contributed by atoms with van der Waals surface area (Å²) in [6.07, 6.45) is 5.50. The molecule has 0 unspecified atom stereocenters. The number of hydrogen-bond donors (Lipinski definition) is 1. The number of likely N-dealkylation sites (tertiary alicyclic amines) is 2. The third-order valence-corrected chi connectivity index (χ3v) is 8.62. The van der Waals surface area contributed by atoms with Gasteiger partial charge in [0.2, 0.25) is 0 Å². The standard InChI is InChI=1S/C35H37N5O/c1-2-32(27-9-4-3-5-10-27)37-34-22-31(35(41)40-20-8-11-29(40)24-39-18-6-7-19-39)30-21-28(16-17-33(30)38-34)26-14-12-25(23-36)13-15-26/h3-5,9-10,12-17,21-22,29,32H,2,6-8,11,18-20,24H2,1H3,(H,37,38)/t29-,32+/m0/s1. The van der Waals surface area contributed by atoms with Crippen molar-refractivity contribution in [3.05, 3.63) is 95.6 Å². The summed E-state index contributed by atoms with van der Waals surface area (Å²) in [6.45, 7) is 6.19. The van der Waals surface area contributed by atoms with E-state index in [0.29, 0.717) is 11.1 Å². The van der Waals surface area contributed by atoms with Gasteiger partial charge in [0.25, 0.3) is 5.91 Å². The van der Waals surface area contributed by atoms with Crippen molar-refractivity contribution in [1.82, 2.24) is 14.8 Å². The van der Waals surface area contributed by atoms with E-state index >= 15 is 0 Å². The number of aromatic nitrogens is 1. The third-order valence-electron chi connectivity index (χ3n) is 8.62. The molecule has 1 aromatic heterocycles. The summed E-state index contributed by atoms with van der Waals surface area (Å²) in [5.74, 6) is 0.810. The van der Waals surface area contributed by atoms with Gasteiger partial charge in [-0.2, -0.15) is 5.26 Å². The first-order chi connectivity index (χ1) is 20.1. The lowest BCUT2D eigenvalue weighted by Gasteiger charge is -2.29. The zero-order chi connectivity index (χ0) is 28.2. The molecule has 6 rings (SSSR count). The normalized spacial score (nSPS) is 18.0. The summed E-state index contributed by atoms with van der Waals surface area (Å²) in [4.78, 5) is 24.0. The molecule has 3 aromatic carbocycles. The molecule has 3 heterocycles. The second-order valence-corrected chi connectivity index (χ2v) is 11.3. The van der Waals surface area contributed by atoms with E-state index in [1.807, 2.05) is 42.5 Å². The molecule has 0 saturated carbocycles. The molecule has 6 nitrogen and oxygen atoms in total. The Balaban J connectivity index is 1.39. The van der Waals surface area contributed by atoms with Crippen molar-refractivity contribution in [2.24, 2.45) is 0 Å². The zero-order valence-corrected chi connectivity index (χ0v) is 23.7. The van der Waals surface area contributed by atoms with Crippen LogP contribution in [0.25, 0.3) is 22.0 Å². The van der Waals surface area contributed by atoms with Crippen LogP contribution in [0.5, 0.6) is 0 Å². The minimum Gasteiger partial charge on any atom is -0.363 e. The molecule has 0 bridgehead atoms. The lowest BCUT2D eigenvalue weighted by Crippen LogP contribution is -2.42. The van der Waals surface area contributed by atoms with Gasteiger partial charge >= 0.3 is 0 Å². The summed E-state index contributed by atoms with van der Waals surface area (Å²) < 4.78 is 0. The molecule has 41 heavy (non-hydrogen) atoms. The maximum absolute atomic E-state index is 14.4. The number of fused-ring (bicyclic) bond motifs is 1. The van der Waals surface area contributed by atoms with Crippen LogP contribution < -0.4 is 5.32 Å². The van der Waals surface area contributed by atoms with Gasteiger partial charge in [-0.05, 0) is 92.2 Å². The summed E-state index contributed by atoms with van der Waals surface area (Å²) in [6, 6.07) is 28.6. The van der Waals surface area contributed by atoms with Gasteiger partial charge in [0, 0.05) is 24.5 Å². The number of nitrogens with one attached hydrogen (secondary N) is 1. The van der Waals surface area contributed by atoms with Crippen molar-refractivity contribution >= 4 is 22.6 Å². The first kappa shape index (κ1) is 27.0. The first-order valence-electron chi connectivity index (χ1n) is 14.9. The van der Waals surface area contributed by atoms with Crippen LogP contribution in [-0.2, 0) is 0 Å². The predicted octanol–water partition coefficient (Wildman–Crippen LogP) is 7.04. The fraction of sp³-hybridized carbons (Fsp3) is 0.343. The third kappa shape index (κ3) is 5.82. The van der Waals surface area contributed by atoms with E-state index in [1.54, 1.807) is 0 Å². The number of anilines is 1. The summed E-state index contributed by atoms with van der Waals surface area (Å²) in [7, 11) is 0. The van der Waals surface area contributed by atoms with E-state index in [0.717, 1.165) is 73.3 Å². The fourth-order valence-electron chi connectivity index (χ4n) is 6.39. The zero-order valence-electron chi connectivity index (χ0n) is 23.7. The van der Waals surface area contributed by atoms with Crippen molar-refractivity contribution in [2.45, 2.75) is 51.1 Å². The van der Waals surface area contributed by atoms with E-state index in [2.05, 4.69) is 64.5 Å². The number of nitriles is 1. The number of carbonyl (C=O) groups excluding carboxylic acids is 1. The van der Waals surface area contributed by atoms with Crippen LogP contribution in [-0.4, -0.2) is 52.9 Å². The molecule has 2 saturated heterocycles. The van der Waals surface area contributed by atoms with Crippen LogP contribution in [0.15, 0.2) is 78.9 Å². The van der Waals surface area contributed by atoms with E-state index in [-0.39, 0.29) is 18.0 Å². The van der Waals surface area contributed by atoms with Crippen molar-refractivity contribution < 1.29 is 4.79 Å². The second kappa shape index (κ2) is 12.1. The molecule has 1 N–H and O–H groups in total. The van der Waals surface area contributed by atoms with E-state index in [4.69, 9.17) is 4.98 Å². The number of carbonyl (C=O) groups is 1. The Labute approximate surface area is 242 Å². The van der Waals surface area contributed by atoms with Crippen LogP contribution in [0.2, 0.25) is 0 Å². The van der Waals surface area contributed by atoms with Crippen molar-refractivity contribution in [3.63, 3.8) is 0 Å². The molecule has 2 aliphatic heterocycles. The van der Waals surface area contributed by atoms with E-state index < -0.39 is 0 Å². The quantitative estimate of drug-likeness (QED) is 0.258. The van der Waals surface area contributed by atoms with Crippen LogP contribution >= 0.6 is 0 Å². The molecule has 6 heteroatoms. The number of hydrogen-bond acceptors (Lipinski definition) is 5. The van der Waals surface area contributed by atoms with E-state index in [9.17, 15) is 10.1 Å². The number of rotatable bonds is 8. The van der Waals surface area contributed by atoms with Gasteiger partial charge in [0.05, 0.1) is 28.8 Å². The van der Waals surface area contributed by atoms with Gasteiger partial charge < -0.3 is 15.1 Å². The lowest BCUT2D eigenvalue weighted by atomic mass is 9.99. The van der Waals surface area contributed by atoms with Gasteiger partial charge in [-0.1, -0.05) is 55.5 Å². The van der Waals surface area contributed by atoms with Gasteiger partial charge in [-0.25, -0.2) is 4.98 Å². The Bertz CT molecular complexity index is 1550. The first-order valence-corrected chi connectivity index (χ1v) is 14.9. The molecule has 208 valence electrons.